The monoisotopic (exact) mass is 700 g/mol. The van der Waals surface area contributed by atoms with Gasteiger partial charge >= 0.3 is 6.09 Å². The molecule has 4 aromatic rings. The van der Waals surface area contributed by atoms with E-state index in [9.17, 15) is 14.4 Å². The van der Waals surface area contributed by atoms with E-state index in [1.807, 2.05) is 73.0 Å². The Morgan fingerprint density at radius 3 is 2.48 bits per heavy atom. The van der Waals surface area contributed by atoms with Crippen LogP contribution in [0.1, 0.15) is 87.7 Å². The number of methoxy groups -OCH3 is 1. The zero-order valence-corrected chi connectivity index (χ0v) is 30.0. The van der Waals surface area contributed by atoms with E-state index in [1.165, 1.54) is 7.11 Å². The Labute approximate surface area is 303 Å². The molecule has 1 saturated carbocycles. The summed E-state index contributed by atoms with van der Waals surface area (Å²) >= 11 is 0. The number of ether oxygens (including phenoxy) is 1. The molecule has 2 aromatic heterocycles. The summed E-state index contributed by atoms with van der Waals surface area (Å²) in [5.74, 6) is 7.53. The van der Waals surface area contributed by atoms with Crippen LogP contribution in [0.4, 0.5) is 4.79 Å². The molecule has 2 aromatic carbocycles. The average Bonchev–Trinajstić information content (AvgIpc) is 3.63. The van der Waals surface area contributed by atoms with Gasteiger partial charge in [0.1, 0.15) is 23.6 Å². The molecule has 0 unspecified atom stereocenters. The van der Waals surface area contributed by atoms with Crippen molar-refractivity contribution in [3.8, 4) is 23.1 Å². The lowest BCUT2D eigenvalue weighted by Crippen LogP contribution is -2.51. The van der Waals surface area contributed by atoms with Gasteiger partial charge in [0.15, 0.2) is 0 Å². The molecule has 3 amide bonds. The molecule has 0 radical (unpaired) electrons. The third-order valence-corrected chi connectivity index (χ3v) is 10.7. The van der Waals surface area contributed by atoms with Gasteiger partial charge in [-0.2, -0.15) is 0 Å². The number of hydrogen-bond donors (Lipinski definition) is 3. The molecule has 4 atom stereocenters. The van der Waals surface area contributed by atoms with Crippen LogP contribution >= 0.6 is 0 Å². The third-order valence-electron chi connectivity index (χ3n) is 10.7. The van der Waals surface area contributed by atoms with E-state index in [1.54, 1.807) is 6.20 Å². The van der Waals surface area contributed by atoms with Gasteiger partial charge in [0, 0.05) is 24.2 Å². The van der Waals surface area contributed by atoms with Gasteiger partial charge < -0.3 is 34.7 Å². The van der Waals surface area contributed by atoms with Gasteiger partial charge in [-0.05, 0) is 86.3 Å². The Balaban J connectivity index is 1.04. The SMILES string of the molecule is [C-]#[N+]C[C@H](C)C(=O)N1CCC[C@H]1c1ncc(-c2ccc(C#Cc3ccc4nc([C@@H]5CC6(CC6)CN5C(=O)[C@@H](NC(=O)OC)C(C)C)[nH]c4c3)cc2)[nH]1. The van der Waals surface area contributed by atoms with Crippen molar-refractivity contribution in [3.63, 3.8) is 0 Å². The second-order valence-electron chi connectivity index (χ2n) is 14.8. The molecule has 3 aliphatic rings. The molecule has 2 saturated heterocycles. The Morgan fingerprint density at radius 1 is 1.02 bits per heavy atom. The molecule has 268 valence electrons. The fraction of sp³-hybridized carbons (Fsp3) is 0.450. The summed E-state index contributed by atoms with van der Waals surface area (Å²) in [5.41, 5.74) is 5.33. The Bertz CT molecular complexity index is 2090. The second kappa shape index (κ2) is 14.2. The number of fused-ring (bicyclic) bond motifs is 1. The normalized spacial score (nSPS) is 20.0. The first-order valence-corrected chi connectivity index (χ1v) is 18.0. The fourth-order valence-corrected chi connectivity index (χ4v) is 7.56. The van der Waals surface area contributed by atoms with Crippen LogP contribution in [0, 0.1) is 35.7 Å². The van der Waals surface area contributed by atoms with Gasteiger partial charge in [-0.25, -0.2) is 21.3 Å². The highest BCUT2D eigenvalue weighted by Crippen LogP contribution is 2.58. The highest BCUT2D eigenvalue weighted by molar-refractivity contribution is 5.87. The van der Waals surface area contributed by atoms with Crippen molar-refractivity contribution in [2.45, 2.75) is 71.0 Å². The van der Waals surface area contributed by atoms with Crippen molar-refractivity contribution < 1.29 is 19.1 Å². The van der Waals surface area contributed by atoms with E-state index in [0.717, 1.165) is 77.2 Å². The van der Waals surface area contributed by atoms with Gasteiger partial charge in [-0.3, -0.25) is 9.59 Å². The number of rotatable bonds is 8. The van der Waals surface area contributed by atoms with Gasteiger partial charge in [-0.15, -0.1) is 0 Å². The van der Waals surface area contributed by atoms with Gasteiger partial charge in [0.25, 0.3) is 0 Å². The maximum atomic E-state index is 13.8. The summed E-state index contributed by atoms with van der Waals surface area (Å²) in [7, 11) is 1.30. The molecule has 7 rings (SSSR count). The van der Waals surface area contributed by atoms with Crippen LogP contribution in [0.25, 0.3) is 27.1 Å². The molecular weight excluding hydrogens is 656 g/mol. The summed E-state index contributed by atoms with van der Waals surface area (Å²) in [5, 5.41) is 2.74. The minimum Gasteiger partial charge on any atom is -0.453 e. The number of carbonyl (C=O) groups excluding carboxylic acids is 3. The van der Waals surface area contributed by atoms with Crippen LogP contribution in [0.15, 0.2) is 48.7 Å². The summed E-state index contributed by atoms with van der Waals surface area (Å²) in [4.78, 5) is 62.4. The number of nitrogens with one attached hydrogen (secondary N) is 3. The van der Waals surface area contributed by atoms with Crippen molar-refractivity contribution in [2.24, 2.45) is 17.3 Å². The minimum atomic E-state index is -0.688. The number of carbonyl (C=O) groups is 3. The average molecular weight is 701 g/mol. The van der Waals surface area contributed by atoms with Crippen LogP contribution in [-0.2, 0) is 14.3 Å². The maximum Gasteiger partial charge on any atom is 0.407 e. The van der Waals surface area contributed by atoms with Crippen molar-refractivity contribution in [1.29, 1.82) is 0 Å². The Morgan fingerprint density at radius 2 is 1.77 bits per heavy atom. The first-order valence-electron chi connectivity index (χ1n) is 18.0. The largest absolute Gasteiger partial charge is 0.453 e. The van der Waals surface area contributed by atoms with E-state index >= 15 is 0 Å². The lowest BCUT2D eigenvalue weighted by atomic mass is 10.0. The maximum absolute atomic E-state index is 13.8. The van der Waals surface area contributed by atoms with Gasteiger partial charge in [0.2, 0.25) is 18.4 Å². The number of likely N-dealkylation sites (tertiary alicyclic amines) is 2. The van der Waals surface area contributed by atoms with Gasteiger partial charge in [-0.1, -0.05) is 37.8 Å². The number of nitrogens with zero attached hydrogens (tertiary/aromatic N) is 5. The predicted molar refractivity (Wildman–Crippen MR) is 195 cm³/mol. The molecular formula is C40H44N8O4. The minimum absolute atomic E-state index is 0.0107. The first kappa shape index (κ1) is 34.8. The van der Waals surface area contributed by atoms with E-state index in [2.05, 4.69) is 37.0 Å². The third kappa shape index (κ3) is 6.98. The van der Waals surface area contributed by atoms with Gasteiger partial charge in [0.05, 0.1) is 42.1 Å². The standard InChI is InChI=1S/C40H44N8O4/c1-24(2)34(46-39(51)52-5)38(50)48-23-40(16-17-40)20-33(48)36-43-29-15-12-27(19-30(29)44-36)9-8-26-10-13-28(14-11-26)31-22-42-35(45-31)32-7-6-18-47(32)37(49)25(3)21-41-4/h10-15,19,22,24-25,32-34H,6-7,16-18,20-21,23H2,1-3,5H3,(H,42,45)(H,43,44)(H,46,51)/t25-,32-,33-,34-/m0/s1. The molecule has 4 heterocycles. The van der Waals surface area contributed by atoms with Crippen LogP contribution in [-0.4, -0.2) is 80.4 Å². The zero-order chi connectivity index (χ0) is 36.6. The van der Waals surface area contributed by atoms with Crippen molar-refractivity contribution >= 4 is 28.9 Å². The van der Waals surface area contributed by atoms with E-state index in [0.29, 0.717) is 13.1 Å². The first-order chi connectivity index (χ1) is 25.1. The van der Waals surface area contributed by atoms with E-state index < -0.39 is 12.1 Å². The number of benzene rings is 2. The van der Waals surface area contributed by atoms with Crippen LogP contribution in [0.2, 0.25) is 0 Å². The number of amides is 3. The Kier molecular flexibility index (Phi) is 9.50. The van der Waals surface area contributed by atoms with Crippen molar-refractivity contribution in [2.75, 3.05) is 26.7 Å². The predicted octanol–water partition coefficient (Wildman–Crippen LogP) is 6.01. The molecule has 3 fully saturated rings. The van der Waals surface area contributed by atoms with Crippen molar-refractivity contribution in [3.05, 3.63) is 82.9 Å². The highest BCUT2D eigenvalue weighted by Gasteiger charge is 2.55. The summed E-state index contributed by atoms with van der Waals surface area (Å²) < 4.78 is 4.80. The molecule has 3 N–H and O–H groups in total. The molecule has 0 bridgehead atoms. The van der Waals surface area contributed by atoms with E-state index in [4.69, 9.17) is 16.3 Å². The summed E-state index contributed by atoms with van der Waals surface area (Å²) in [6.45, 7) is 14.3. The zero-order valence-electron chi connectivity index (χ0n) is 30.0. The Hall–Kier alpha value is -5.62. The van der Waals surface area contributed by atoms with Crippen LogP contribution in [0.5, 0.6) is 0 Å². The highest BCUT2D eigenvalue weighted by atomic mass is 16.5. The number of aromatic amines is 2. The molecule has 2 aliphatic heterocycles. The van der Waals surface area contributed by atoms with E-state index in [-0.39, 0.29) is 47.7 Å². The topological polar surface area (TPSA) is 141 Å². The number of alkyl carbamates (subject to hydrolysis) is 1. The molecule has 52 heavy (non-hydrogen) atoms. The quantitative estimate of drug-likeness (QED) is 0.152. The lowest BCUT2D eigenvalue weighted by Gasteiger charge is -2.30. The summed E-state index contributed by atoms with van der Waals surface area (Å²) in [6.07, 6.45) is 5.96. The number of H-pyrrole nitrogens is 2. The number of imidazole rings is 2. The van der Waals surface area contributed by atoms with Crippen LogP contribution in [0.3, 0.4) is 0 Å². The smallest absolute Gasteiger partial charge is 0.407 e. The fourth-order valence-electron chi connectivity index (χ4n) is 7.56. The van der Waals surface area contributed by atoms with Crippen LogP contribution < -0.4 is 5.32 Å². The molecule has 1 aliphatic carbocycles. The molecule has 1 spiro atoms. The van der Waals surface area contributed by atoms with Crippen molar-refractivity contribution in [1.82, 2.24) is 35.1 Å². The molecule has 12 heteroatoms. The summed E-state index contributed by atoms with van der Waals surface area (Å²) in [6, 6.07) is 12.9. The number of hydrogen-bond acceptors (Lipinski definition) is 6. The molecule has 12 nitrogen and oxygen atoms in total. The number of aromatic nitrogens is 4. The lowest BCUT2D eigenvalue weighted by molar-refractivity contribution is -0.136. The second-order valence-corrected chi connectivity index (χ2v) is 14.8.